The highest BCUT2D eigenvalue weighted by molar-refractivity contribution is 7.26. The third kappa shape index (κ3) is 3.68. The molecule has 6 aromatic rings. The van der Waals surface area contributed by atoms with E-state index in [9.17, 15) is 0 Å². The smallest absolute Gasteiger partial charge is 0.0569 e. The fourth-order valence-corrected chi connectivity index (χ4v) is 5.86. The highest BCUT2D eigenvalue weighted by atomic mass is 35.5. The normalized spacial score (nSPS) is 11.2. The zero-order valence-corrected chi connectivity index (χ0v) is 19.4. The Morgan fingerprint density at radius 1 is 0.545 bits per heavy atom. The summed E-state index contributed by atoms with van der Waals surface area (Å²) in [6, 6.07) is 42.5. The van der Waals surface area contributed by atoms with Crippen molar-refractivity contribution in [1.29, 1.82) is 0 Å². The Labute approximate surface area is 202 Å². The van der Waals surface area contributed by atoms with Crippen molar-refractivity contribution in [2.75, 3.05) is 4.90 Å². The van der Waals surface area contributed by atoms with Crippen molar-refractivity contribution in [3.05, 3.63) is 126 Å². The Kier molecular flexibility index (Phi) is 5.10. The average molecular weight is 462 g/mol. The van der Waals surface area contributed by atoms with Gasteiger partial charge in [0.1, 0.15) is 0 Å². The number of hydrogen-bond donors (Lipinski definition) is 0. The maximum atomic E-state index is 6.66. The summed E-state index contributed by atoms with van der Waals surface area (Å²) in [6.07, 6.45) is 0. The summed E-state index contributed by atoms with van der Waals surface area (Å²) >= 11 is 8.44. The summed E-state index contributed by atoms with van der Waals surface area (Å²) in [4.78, 5) is 2.31. The monoisotopic (exact) mass is 461 g/mol. The number of thiophene rings is 1. The summed E-state index contributed by atoms with van der Waals surface area (Å²) in [5.74, 6) is 0. The standard InChI is InChI=1S/C30H20ClNS/c31-23-19-27(30-26-13-7-8-14-28(26)33-29(30)20-23)32(24-11-5-2-6-12-24)25-17-15-22(16-18-25)21-9-3-1-4-10-21/h1-20H. The van der Waals surface area contributed by atoms with Gasteiger partial charge in [0.15, 0.2) is 0 Å². The quantitative estimate of drug-likeness (QED) is 0.252. The van der Waals surface area contributed by atoms with E-state index in [2.05, 4.69) is 114 Å². The van der Waals surface area contributed by atoms with Crippen molar-refractivity contribution in [2.24, 2.45) is 0 Å². The SMILES string of the molecule is Clc1cc(N(c2ccccc2)c2ccc(-c3ccccc3)cc2)c2c(c1)sc1ccccc12. The molecule has 0 aliphatic rings. The molecule has 0 bridgehead atoms. The van der Waals surface area contributed by atoms with E-state index in [1.165, 1.54) is 31.3 Å². The van der Waals surface area contributed by atoms with Gasteiger partial charge in [0.2, 0.25) is 0 Å². The minimum absolute atomic E-state index is 0.742. The molecule has 33 heavy (non-hydrogen) atoms. The van der Waals surface area contributed by atoms with Gasteiger partial charge < -0.3 is 4.90 Å². The number of fused-ring (bicyclic) bond motifs is 3. The summed E-state index contributed by atoms with van der Waals surface area (Å²) < 4.78 is 2.46. The molecule has 0 N–H and O–H groups in total. The molecule has 6 rings (SSSR count). The molecule has 0 atom stereocenters. The van der Waals surface area contributed by atoms with Crippen LogP contribution >= 0.6 is 22.9 Å². The predicted octanol–water partition coefficient (Wildman–Crippen LogP) is 9.84. The van der Waals surface area contributed by atoms with E-state index in [4.69, 9.17) is 11.6 Å². The van der Waals surface area contributed by atoms with Gasteiger partial charge in [-0.25, -0.2) is 0 Å². The number of halogens is 1. The molecule has 1 heterocycles. The summed E-state index contributed by atoms with van der Waals surface area (Å²) in [6.45, 7) is 0. The van der Waals surface area contributed by atoms with Gasteiger partial charge in [0.05, 0.1) is 5.69 Å². The molecule has 158 valence electrons. The van der Waals surface area contributed by atoms with E-state index in [1.54, 1.807) is 11.3 Å². The second-order valence-electron chi connectivity index (χ2n) is 7.98. The Hall–Kier alpha value is -3.59. The van der Waals surface area contributed by atoms with Crippen molar-refractivity contribution in [2.45, 2.75) is 0 Å². The van der Waals surface area contributed by atoms with Crippen LogP contribution in [0.5, 0.6) is 0 Å². The van der Waals surface area contributed by atoms with Crippen LogP contribution in [0.1, 0.15) is 0 Å². The van der Waals surface area contributed by atoms with E-state index in [0.29, 0.717) is 0 Å². The third-order valence-corrected chi connectivity index (χ3v) is 7.25. The van der Waals surface area contributed by atoms with Crippen LogP contribution < -0.4 is 4.90 Å². The maximum absolute atomic E-state index is 6.66. The first-order valence-corrected chi connectivity index (χ1v) is 12.1. The van der Waals surface area contributed by atoms with Gasteiger partial charge in [0.25, 0.3) is 0 Å². The van der Waals surface area contributed by atoms with E-state index in [0.717, 1.165) is 22.1 Å². The lowest BCUT2D eigenvalue weighted by Crippen LogP contribution is -2.10. The first kappa shape index (κ1) is 20.0. The molecule has 1 aromatic heterocycles. The zero-order valence-electron chi connectivity index (χ0n) is 17.8. The van der Waals surface area contributed by atoms with E-state index >= 15 is 0 Å². The number of rotatable bonds is 4. The van der Waals surface area contributed by atoms with E-state index in [-0.39, 0.29) is 0 Å². The molecule has 0 fully saturated rings. The number of hydrogen-bond acceptors (Lipinski definition) is 2. The molecule has 5 aromatic carbocycles. The van der Waals surface area contributed by atoms with Crippen LogP contribution in [0.3, 0.4) is 0 Å². The van der Waals surface area contributed by atoms with Crippen molar-refractivity contribution in [3.63, 3.8) is 0 Å². The second-order valence-corrected chi connectivity index (χ2v) is 9.50. The minimum Gasteiger partial charge on any atom is -0.310 e. The lowest BCUT2D eigenvalue weighted by Gasteiger charge is -2.27. The van der Waals surface area contributed by atoms with Crippen molar-refractivity contribution < 1.29 is 0 Å². The Bertz CT molecular complexity index is 1550. The van der Waals surface area contributed by atoms with Crippen molar-refractivity contribution in [1.82, 2.24) is 0 Å². The predicted molar refractivity (Wildman–Crippen MR) is 144 cm³/mol. The number of anilines is 3. The molecular formula is C30H20ClNS. The van der Waals surface area contributed by atoms with E-state index < -0.39 is 0 Å². The summed E-state index contributed by atoms with van der Waals surface area (Å²) in [5, 5.41) is 3.23. The molecule has 3 heteroatoms. The topological polar surface area (TPSA) is 3.24 Å². The van der Waals surface area contributed by atoms with Crippen LogP contribution in [-0.4, -0.2) is 0 Å². The van der Waals surface area contributed by atoms with Crippen molar-refractivity contribution in [3.8, 4) is 11.1 Å². The largest absolute Gasteiger partial charge is 0.310 e. The molecule has 0 unspecified atom stereocenters. The van der Waals surface area contributed by atoms with E-state index in [1.807, 2.05) is 12.1 Å². The van der Waals surface area contributed by atoms with Gasteiger partial charge in [-0.2, -0.15) is 0 Å². The third-order valence-electron chi connectivity index (χ3n) is 5.91. The maximum Gasteiger partial charge on any atom is 0.0569 e. The van der Waals surface area contributed by atoms with Gasteiger partial charge in [-0.05, 0) is 53.6 Å². The molecule has 0 saturated carbocycles. The Morgan fingerprint density at radius 2 is 1.15 bits per heavy atom. The first-order chi connectivity index (χ1) is 16.3. The lowest BCUT2D eigenvalue weighted by atomic mass is 10.0. The molecular weight excluding hydrogens is 442 g/mol. The molecule has 0 spiro atoms. The van der Waals surface area contributed by atoms with Gasteiger partial charge in [-0.15, -0.1) is 11.3 Å². The molecule has 0 aliphatic heterocycles. The van der Waals surface area contributed by atoms with Crippen LogP contribution in [0.4, 0.5) is 17.1 Å². The van der Waals surface area contributed by atoms with Crippen LogP contribution in [0.2, 0.25) is 5.02 Å². The minimum atomic E-state index is 0.742. The average Bonchev–Trinajstić information content (AvgIpc) is 3.24. The molecule has 0 amide bonds. The highest BCUT2D eigenvalue weighted by Crippen LogP contribution is 2.46. The zero-order chi connectivity index (χ0) is 22.2. The van der Waals surface area contributed by atoms with Gasteiger partial charge in [-0.3, -0.25) is 0 Å². The number of para-hydroxylation sites is 1. The Balaban J connectivity index is 1.59. The molecule has 0 aliphatic carbocycles. The first-order valence-electron chi connectivity index (χ1n) is 10.9. The van der Waals surface area contributed by atoms with Gasteiger partial charge in [-0.1, -0.05) is 90.5 Å². The fourth-order valence-electron chi connectivity index (χ4n) is 4.41. The lowest BCUT2D eigenvalue weighted by molar-refractivity contribution is 1.30. The molecule has 1 nitrogen and oxygen atoms in total. The fraction of sp³-hybridized carbons (Fsp3) is 0. The molecule has 0 saturated heterocycles. The number of benzene rings is 5. The van der Waals surface area contributed by atoms with Crippen LogP contribution in [0.25, 0.3) is 31.3 Å². The summed E-state index contributed by atoms with van der Waals surface area (Å²) in [5.41, 5.74) is 5.70. The second kappa shape index (κ2) is 8.40. The van der Waals surface area contributed by atoms with Gasteiger partial charge in [0, 0.05) is 36.6 Å². The van der Waals surface area contributed by atoms with Crippen LogP contribution in [-0.2, 0) is 0 Å². The van der Waals surface area contributed by atoms with Crippen LogP contribution in [0.15, 0.2) is 121 Å². The van der Waals surface area contributed by atoms with Crippen molar-refractivity contribution >= 4 is 60.2 Å². The number of nitrogens with zero attached hydrogens (tertiary/aromatic N) is 1. The summed E-state index contributed by atoms with van der Waals surface area (Å²) in [7, 11) is 0. The van der Waals surface area contributed by atoms with Gasteiger partial charge >= 0.3 is 0 Å². The Morgan fingerprint density at radius 3 is 1.91 bits per heavy atom. The highest BCUT2D eigenvalue weighted by Gasteiger charge is 2.19. The van der Waals surface area contributed by atoms with Crippen LogP contribution in [0, 0.1) is 0 Å². The molecule has 0 radical (unpaired) electrons.